The van der Waals surface area contributed by atoms with Crippen LogP contribution >= 0.6 is 0 Å². The molecule has 0 radical (unpaired) electrons. The summed E-state index contributed by atoms with van der Waals surface area (Å²) in [7, 11) is 1.82. The molecule has 0 amide bonds. The van der Waals surface area contributed by atoms with Gasteiger partial charge in [0.1, 0.15) is 6.04 Å². The number of rotatable bonds is 1. The lowest BCUT2D eigenvalue weighted by Gasteiger charge is -2.18. The topological polar surface area (TPSA) is 40.5 Å². The number of para-hydroxylation sites is 1. The van der Waals surface area contributed by atoms with Crippen LogP contribution in [0.5, 0.6) is 0 Å². The molecule has 0 bridgehead atoms. The summed E-state index contributed by atoms with van der Waals surface area (Å²) in [6, 6.07) is 7.42. The average molecular weight is 177 g/mol. The van der Waals surface area contributed by atoms with E-state index >= 15 is 0 Å². The summed E-state index contributed by atoms with van der Waals surface area (Å²) in [5, 5.41) is 8.91. The molecule has 3 nitrogen and oxygen atoms in total. The van der Waals surface area contributed by atoms with Crippen LogP contribution < -0.4 is 4.90 Å². The van der Waals surface area contributed by atoms with Gasteiger partial charge in [0.25, 0.3) is 0 Å². The summed E-state index contributed by atoms with van der Waals surface area (Å²) in [5.41, 5.74) is 2.16. The number of hydrogen-bond acceptors (Lipinski definition) is 2. The molecule has 0 spiro atoms. The number of anilines is 1. The van der Waals surface area contributed by atoms with Crippen molar-refractivity contribution in [2.45, 2.75) is 12.5 Å². The lowest BCUT2D eigenvalue weighted by atomic mass is 10.1. The molecule has 1 N–H and O–H groups in total. The van der Waals surface area contributed by atoms with Crippen LogP contribution in [0.4, 0.5) is 5.69 Å². The van der Waals surface area contributed by atoms with E-state index in [1.807, 2.05) is 36.2 Å². The molecule has 0 aromatic heterocycles. The van der Waals surface area contributed by atoms with E-state index in [0.29, 0.717) is 6.42 Å². The summed E-state index contributed by atoms with van der Waals surface area (Å²) in [6.07, 6.45) is 0.613. The van der Waals surface area contributed by atoms with Crippen LogP contribution in [0.25, 0.3) is 0 Å². The Morgan fingerprint density at radius 2 is 2.23 bits per heavy atom. The molecule has 1 aliphatic rings. The van der Waals surface area contributed by atoms with Crippen LogP contribution in [-0.4, -0.2) is 24.2 Å². The van der Waals surface area contributed by atoms with Crippen LogP contribution in [0.3, 0.4) is 0 Å². The Balaban J connectivity index is 2.38. The maximum absolute atomic E-state index is 10.8. The smallest absolute Gasteiger partial charge is 0.326 e. The fourth-order valence-corrected chi connectivity index (χ4v) is 1.79. The van der Waals surface area contributed by atoms with E-state index in [9.17, 15) is 4.79 Å². The number of carbonyl (C=O) groups is 1. The van der Waals surface area contributed by atoms with E-state index in [2.05, 4.69) is 0 Å². The molecular formula is C10H11NO2. The van der Waals surface area contributed by atoms with Crippen LogP contribution in [-0.2, 0) is 11.2 Å². The van der Waals surface area contributed by atoms with Gasteiger partial charge in [0.15, 0.2) is 0 Å². The van der Waals surface area contributed by atoms with Crippen molar-refractivity contribution in [1.29, 1.82) is 0 Å². The number of aliphatic carboxylic acids is 1. The first-order valence-corrected chi connectivity index (χ1v) is 4.23. The quantitative estimate of drug-likeness (QED) is 0.699. The largest absolute Gasteiger partial charge is 0.480 e. The fourth-order valence-electron chi connectivity index (χ4n) is 1.79. The standard InChI is InChI=1S/C10H11NO2/c1-11-8-5-3-2-4-7(8)6-9(11)10(12)13/h2-5,9H,6H2,1H3,(H,12,13). The van der Waals surface area contributed by atoms with Gasteiger partial charge in [-0.1, -0.05) is 18.2 Å². The first-order valence-electron chi connectivity index (χ1n) is 4.23. The molecule has 1 aliphatic heterocycles. The molecule has 0 saturated heterocycles. The number of benzene rings is 1. The maximum Gasteiger partial charge on any atom is 0.326 e. The van der Waals surface area contributed by atoms with Crippen LogP contribution in [0, 0.1) is 0 Å². The molecule has 1 unspecified atom stereocenters. The van der Waals surface area contributed by atoms with Gasteiger partial charge in [0.05, 0.1) is 0 Å². The van der Waals surface area contributed by atoms with Gasteiger partial charge in [0, 0.05) is 19.2 Å². The number of carboxylic acid groups (broad SMARTS) is 1. The van der Waals surface area contributed by atoms with E-state index in [0.717, 1.165) is 11.3 Å². The summed E-state index contributed by atoms with van der Waals surface area (Å²) >= 11 is 0. The van der Waals surface area contributed by atoms with Crippen molar-refractivity contribution >= 4 is 11.7 Å². The molecular weight excluding hydrogens is 166 g/mol. The molecule has 68 valence electrons. The van der Waals surface area contributed by atoms with E-state index in [-0.39, 0.29) is 0 Å². The van der Waals surface area contributed by atoms with Gasteiger partial charge in [-0.15, -0.1) is 0 Å². The minimum atomic E-state index is -0.751. The third kappa shape index (κ3) is 1.16. The Morgan fingerprint density at radius 1 is 1.54 bits per heavy atom. The third-order valence-corrected chi connectivity index (χ3v) is 2.54. The highest BCUT2D eigenvalue weighted by Gasteiger charge is 2.31. The Labute approximate surface area is 76.6 Å². The van der Waals surface area contributed by atoms with Crippen molar-refractivity contribution in [2.75, 3.05) is 11.9 Å². The molecule has 1 aromatic carbocycles. The third-order valence-electron chi connectivity index (χ3n) is 2.54. The Kier molecular flexibility index (Phi) is 1.72. The van der Waals surface area contributed by atoms with Gasteiger partial charge in [-0.05, 0) is 11.6 Å². The van der Waals surface area contributed by atoms with Crippen LogP contribution in [0.15, 0.2) is 24.3 Å². The molecule has 2 rings (SSSR count). The van der Waals surface area contributed by atoms with Crippen molar-refractivity contribution in [3.63, 3.8) is 0 Å². The first-order chi connectivity index (χ1) is 6.20. The second kappa shape index (κ2) is 2.76. The van der Waals surface area contributed by atoms with Crippen LogP contribution in [0.2, 0.25) is 0 Å². The highest BCUT2D eigenvalue weighted by molar-refractivity contribution is 5.82. The SMILES string of the molecule is CN1c2ccccc2CC1C(=O)O. The molecule has 1 atom stereocenters. The summed E-state index contributed by atoms with van der Waals surface area (Å²) in [6.45, 7) is 0. The van der Waals surface area contributed by atoms with E-state index in [1.165, 1.54) is 0 Å². The van der Waals surface area contributed by atoms with Gasteiger partial charge < -0.3 is 10.0 Å². The van der Waals surface area contributed by atoms with Gasteiger partial charge >= 0.3 is 5.97 Å². The maximum atomic E-state index is 10.8. The number of carboxylic acids is 1. The molecule has 0 saturated carbocycles. The lowest BCUT2D eigenvalue weighted by Crippen LogP contribution is -2.35. The zero-order chi connectivity index (χ0) is 9.42. The normalized spacial score (nSPS) is 20.1. The zero-order valence-electron chi connectivity index (χ0n) is 7.40. The predicted molar refractivity (Wildman–Crippen MR) is 50.0 cm³/mol. The average Bonchev–Trinajstić information content (AvgIpc) is 2.45. The van der Waals surface area contributed by atoms with Gasteiger partial charge in [0.2, 0.25) is 0 Å². The zero-order valence-corrected chi connectivity index (χ0v) is 7.40. The van der Waals surface area contributed by atoms with Crippen molar-refractivity contribution in [3.8, 4) is 0 Å². The highest BCUT2D eigenvalue weighted by atomic mass is 16.4. The van der Waals surface area contributed by atoms with Crippen molar-refractivity contribution in [3.05, 3.63) is 29.8 Å². The highest BCUT2D eigenvalue weighted by Crippen LogP contribution is 2.30. The Morgan fingerprint density at radius 3 is 2.85 bits per heavy atom. The summed E-state index contributed by atoms with van der Waals surface area (Å²) in [4.78, 5) is 12.7. The molecule has 1 heterocycles. The molecule has 0 fully saturated rings. The number of nitrogens with zero attached hydrogens (tertiary/aromatic N) is 1. The first kappa shape index (κ1) is 8.10. The van der Waals surface area contributed by atoms with Gasteiger partial charge in [-0.3, -0.25) is 0 Å². The fraction of sp³-hybridized carbons (Fsp3) is 0.300. The molecule has 13 heavy (non-hydrogen) atoms. The Bertz CT molecular complexity index is 349. The van der Waals surface area contributed by atoms with Gasteiger partial charge in [-0.25, -0.2) is 4.79 Å². The molecule has 0 aliphatic carbocycles. The summed E-state index contributed by atoms with van der Waals surface area (Å²) < 4.78 is 0. The van der Waals surface area contributed by atoms with Crippen LogP contribution in [0.1, 0.15) is 5.56 Å². The Hall–Kier alpha value is -1.51. The van der Waals surface area contributed by atoms with E-state index < -0.39 is 12.0 Å². The second-order valence-corrected chi connectivity index (χ2v) is 3.30. The number of fused-ring (bicyclic) bond motifs is 1. The molecule has 1 aromatic rings. The van der Waals surface area contributed by atoms with Crippen molar-refractivity contribution < 1.29 is 9.90 Å². The predicted octanol–water partition coefficient (Wildman–Crippen LogP) is 1.13. The summed E-state index contributed by atoms with van der Waals surface area (Å²) in [5.74, 6) is -0.751. The molecule has 3 heteroatoms. The van der Waals surface area contributed by atoms with Crippen molar-refractivity contribution in [2.24, 2.45) is 0 Å². The minimum Gasteiger partial charge on any atom is -0.480 e. The van der Waals surface area contributed by atoms with E-state index in [1.54, 1.807) is 0 Å². The van der Waals surface area contributed by atoms with E-state index in [4.69, 9.17) is 5.11 Å². The minimum absolute atomic E-state index is 0.391. The number of hydrogen-bond donors (Lipinski definition) is 1. The van der Waals surface area contributed by atoms with Crippen molar-refractivity contribution in [1.82, 2.24) is 0 Å². The monoisotopic (exact) mass is 177 g/mol. The van der Waals surface area contributed by atoms with Gasteiger partial charge in [-0.2, -0.15) is 0 Å². The number of likely N-dealkylation sites (N-methyl/N-ethyl adjacent to an activating group) is 1. The lowest BCUT2D eigenvalue weighted by molar-refractivity contribution is -0.138. The second-order valence-electron chi connectivity index (χ2n) is 3.30.